The topological polar surface area (TPSA) is 66.8 Å². The van der Waals surface area contributed by atoms with Crippen LogP contribution >= 0.6 is 11.6 Å². The van der Waals surface area contributed by atoms with E-state index in [4.69, 9.17) is 11.6 Å². The number of aromatic amines is 1. The number of aromatic nitrogens is 4. The summed E-state index contributed by atoms with van der Waals surface area (Å²) in [4.78, 5) is 22.8. The average molecular weight is 344 g/mol. The maximum absolute atomic E-state index is 12.9. The number of carbonyl (C=O) groups is 1. The number of likely N-dealkylation sites (tertiary alicyclic amines) is 1. The molecule has 3 aromatic rings. The molecule has 24 heavy (non-hydrogen) atoms. The third kappa shape index (κ3) is 2.38. The number of nitrogens with one attached hydrogen (secondary N) is 1. The van der Waals surface area contributed by atoms with E-state index in [0.29, 0.717) is 17.3 Å². The zero-order valence-electron chi connectivity index (χ0n) is 13.6. The molecule has 1 aliphatic rings. The van der Waals surface area contributed by atoms with E-state index in [9.17, 15) is 4.79 Å². The molecule has 1 atom stereocenters. The van der Waals surface area contributed by atoms with Crippen molar-refractivity contribution in [2.45, 2.75) is 25.8 Å². The molecule has 2 aromatic heterocycles. The number of nitrogens with zero attached hydrogens (tertiary/aromatic N) is 4. The SMILES string of the molecule is Cc1ccc2nc(C3CCCN3C(=O)c3c(Cl)cnn3C)[nH]c2c1. The Kier molecular flexibility index (Phi) is 3.57. The predicted octanol–water partition coefficient (Wildman–Crippen LogP) is 3.24. The van der Waals surface area contributed by atoms with Crippen molar-refractivity contribution >= 4 is 28.5 Å². The molecule has 6 nitrogen and oxygen atoms in total. The summed E-state index contributed by atoms with van der Waals surface area (Å²) in [6.07, 6.45) is 3.34. The van der Waals surface area contributed by atoms with E-state index in [1.54, 1.807) is 7.05 Å². The van der Waals surface area contributed by atoms with Crippen LogP contribution in [0.25, 0.3) is 11.0 Å². The quantitative estimate of drug-likeness (QED) is 0.776. The van der Waals surface area contributed by atoms with Crippen molar-refractivity contribution in [1.82, 2.24) is 24.6 Å². The summed E-state index contributed by atoms with van der Waals surface area (Å²) >= 11 is 6.14. The smallest absolute Gasteiger partial charge is 0.274 e. The molecule has 1 saturated heterocycles. The van der Waals surface area contributed by atoms with Crippen molar-refractivity contribution in [1.29, 1.82) is 0 Å². The Balaban J connectivity index is 1.70. The molecule has 1 amide bonds. The van der Waals surface area contributed by atoms with Crippen molar-refractivity contribution in [3.63, 3.8) is 0 Å². The molecule has 0 radical (unpaired) electrons. The van der Waals surface area contributed by atoms with Crippen LogP contribution < -0.4 is 0 Å². The first-order valence-corrected chi connectivity index (χ1v) is 8.37. The van der Waals surface area contributed by atoms with Crippen molar-refractivity contribution in [2.24, 2.45) is 7.05 Å². The molecule has 1 unspecified atom stereocenters. The lowest BCUT2D eigenvalue weighted by atomic mass is 10.2. The number of H-pyrrole nitrogens is 1. The van der Waals surface area contributed by atoms with Gasteiger partial charge in [-0.2, -0.15) is 5.10 Å². The molecule has 0 bridgehead atoms. The Morgan fingerprint density at radius 1 is 1.42 bits per heavy atom. The first kappa shape index (κ1) is 15.2. The maximum atomic E-state index is 12.9. The van der Waals surface area contributed by atoms with Gasteiger partial charge in [0.25, 0.3) is 5.91 Å². The molecule has 0 aliphatic carbocycles. The number of imidazole rings is 1. The third-order valence-corrected chi connectivity index (χ3v) is 4.86. The number of halogens is 1. The van der Waals surface area contributed by atoms with Gasteiger partial charge >= 0.3 is 0 Å². The van der Waals surface area contributed by atoms with Crippen LogP contribution in [-0.4, -0.2) is 37.1 Å². The monoisotopic (exact) mass is 343 g/mol. The van der Waals surface area contributed by atoms with E-state index in [1.165, 1.54) is 16.4 Å². The number of hydrogen-bond donors (Lipinski definition) is 1. The normalized spacial score (nSPS) is 17.8. The second kappa shape index (κ2) is 5.63. The van der Waals surface area contributed by atoms with Gasteiger partial charge in [0.05, 0.1) is 28.3 Å². The van der Waals surface area contributed by atoms with Crippen molar-refractivity contribution in [3.8, 4) is 0 Å². The van der Waals surface area contributed by atoms with E-state index in [2.05, 4.69) is 28.1 Å². The average Bonchev–Trinajstić information content (AvgIpc) is 3.24. The molecule has 1 aromatic carbocycles. The van der Waals surface area contributed by atoms with Crippen LogP contribution in [0.15, 0.2) is 24.4 Å². The zero-order valence-corrected chi connectivity index (χ0v) is 14.3. The Hall–Kier alpha value is -2.34. The molecular formula is C17H18ClN5O. The maximum Gasteiger partial charge on any atom is 0.274 e. The van der Waals surface area contributed by atoms with Crippen molar-refractivity contribution < 1.29 is 4.79 Å². The lowest BCUT2D eigenvalue weighted by Gasteiger charge is -2.23. The molecule has 3 heterocycles. The minimum atomic E-state index is -0.0980. The molecule has 1 aliphatic heterocycles. The van der Waals surface area contributed by atoms with Crippen LogP contribution in [-0.2, 0) is 7.05 Å². The summed E-state index contributed by atoms with van der Waals surface area (Å²) in [5.41, 5.74) is 3.53. The molecule has 124 valence electrons. The predicted molar refractivity (Wildman–Crippen MR) is 92.1 cm³/mol. The van der Waals surface area contributed by atoms with Crippen LogP contribution in [0.4, 0.5) is 0 Å². The molecule has 1 N–H and O–H groups in total. The highest BCUT2D eigenvalue weighted by atomic mass is 35.5. The summed E-state index contributed by atoms with van der Waals surface area (Å²) in [6.45, 7) is 2.75. The highest BCUT2D eigenvalue weighted by molar-refractivity contribution is 6.33. The first-order valence-electron chi connectivity index (χ1n) is 7.99. The summed E-state index contributed by atoms with van der Waals surface area (Å²) in [6, 6.07) is 6.06. The van der Waals surface area contributed by atoms with Gasteiger partial charge in [-0.1, -0.05) is 17.7 Å². The lowest BCUT2D eigenvalue weighted by molar-refractivity contribution is 0.0719. The summed E-state index contributed by atoms with van der Waals surface area (Å²) < 4.78 is 1.53. The van der Waals surface area contributed by atoms with Gasteiger partial charge in [0.1, 0.15) is 11.5 Å². The highest BCUT2D eigenvalue weighted by Crippen LogP contribution is 2.33. The fourth-order valence-electron chi connectivity index (χ4n) is 3.38. The highest BCUT2D eigenvalue weighted by Gasteiger charge is 2.34. The van der Waals surface area contributed by atoms with Crippen LogP contribution in [0, 0.1) is 6.92 Å². The Labute approximate surface area is 144 Å². The van der Waals surface area contributed by atoms with Gasteiger partial charge in [0.15, 0.2) is 0 Å². The standard InChI is InChI=1S/C17H18ClN5O/c1-10-5-6-12-13(8-10)21-16(20-12)14-4-3-7-23(14)17(24)15-11(18)9-19-22(15)2/h5-6,8-9,14H,3-4,7H2,1-2H3,(H,20,21). The number of amides is 1. The number of benzene rings is 1. The van der Waals surface area contributed by atoms with E-state index < -0.39 is 0 Å². The Bertz CT molecular complexity index is 909. The summed E-state index contributed by atoms with van der Waals surface area (Å²) in [7, 11) is 1.73. The Morgan fingerprint density at radius 2 is 2.25 bits per heavy atom. The van der Waals surface area contributed by atoms with Gasteiger partial charge in [0, 0.05) is 13.6 Å². The van der Waals surface area contributed by atoms with E-state index >= 15 is 0 Å². The van der Waals surface area contributed by atoms with E-state index in [0.717, 1.165) is 29.7 Å². The molecule has 7 heteroatoms. The second-order valence-corrected chi connectivity index (χ2v) is 6.67. The largest absolute Gasteiger partial charge is 0.340 e. The number of hydrogen-bond acceptors (Lipinski definition) is 3. The van der Waals surface area contributed by atoms with E-state index in [1.807, 2.05) is 17.0 Å². The molecule has 1 fully saturated rings. The molecule has 0 saturated carbocycles. The van der Waals surface area contributed by atoms with Gasteiger partial charge < -0.3 is 9.88 Å². The lowest BCUT2D eigenvalue weighted by Crippen LogP contribution is -2.32. The fourth-order valence-corrected chi connectivity index (χ4v) is 3.63. The van der Waals surface area contributed by atoms with Crippen LogP contribution in [0.1, 0.15) is 40.8 Å². The fraction of sp³-hybridized carbons (Fsp3) is 0.353. The first-order chi connectivity index (χ1) is 11.5. The van der Waals surface area contributed by atoms with Crippen LogP contribution in [0.2, 0.25) is 5.02 Å². The minimum Gasteiger partial charge on any atom is -0.340 e. The minimum absolute atomic E-state index is 0.0591. The summed E-state index contributed by atoms with van der Waals surface area (Å²) in [5, 5.41) is 4.45. The van der Waals surface area contributed by atoms with Gasteiger partial charge in [-0.15, -0.1) is 0 Å². The number of aryl methyl sites for hydroxylation is 2. The second-order valence-electron chi connectivity index (χ2n) is 6.26. The Morgan fingerprint density at radius 3 is 3.00 bits per heavy atom. The summed E-state index contributed by atoms with van der Waals surface area (Å²) in [5.74, 6) is 0.735. The van der Waals surface area contributed by atoms with Crippen molar-refractivity contribution in [3.05, 3.63) is 46.5 Å². The van der Waals surface area contributed by atoms with Crippen LogP contribution in [0.3, 0.4) is 0 Å². The van der Waals surface area contributed by atoms with E-state index in [-0.39, 0.29) is 11.9 Å². The molecular weight excluding hydrogens is 326 g/mol. The molecule has 4 rings (SSSR count). The number of rotatable bonds is 2. The molecule has 0 spiro atoms. The van der Waals surface area contributed by atoms with Gasteiger partial charge in [0.2, 0.25) is 0 Å². The van der Waals surface area contributed by atoms with Gasteiger partial charge in [-0.3, -0.25) is 9.48 Å². The van der Waals surface area contributed by atoms with Crippen molar-refractivity contribution in [2.75, 3.05) is 6.54 Å². The number of fused-ring (bicyclic) bond motifs is 1. The third-order valence-electron chi connectivity index (χ3n) is 4.58. The van der Waals surface area contributed by atoms with Gasteiger partial charge in [-0.05, 0) is 37.5 Å². The van der Waals surface area contributed by atoms with Gasteiger partial charge in [-0.25, -0.2) is 4.98 Å². The number of carbonyl (C=O) groups excluding carboxylic acids is 1. The zero-order chi connectivity index (χ0) is 16.8. The van der Waals surface area contributed by atoms with Crippen LogP contribution in [0.5, 0.6) is 0 Å².